The van der Waals surface area contributed by atoms with Crippen LogP contribution in [0.1, 0.15) is 12.0 Å². The zero-order chi connectivity index (χ0) is 14.7. The highest BCUT2D eigenvalue weighted by atomic mass is 19.1. The van der Waals surface area contributed by atoms with E-state index in [9.17, 15) is 9.18 Å². The molecule has 2 aliphatic rings. The lowest BCUT2D eigenvalue weighted by Crippen LogP contribution is -2.52. The van der Waals surface area contributed by atoms with Crippen LogP contribution in [-0.2, 0) is 11.2 Å². The molecule has 0 radical (unpaired) electrons. The van der Waals surface area contributed by atoms with Crippen LogP contribution in [0.3, 0.4) is 0 Å². The molecule has 4 nitrogen and oxygen atoms in total. The van der Waals surface area contributed by atoms with Crippen molar-refractivity contribution >= 4 is 5.91 Å². The Balaban J connectivity index is 1.52. The van der Waals surface area contributed by atoms with Gasteiger partial charge in [-0.2, -0.15) is 0 Å². The molecule has 1 N–H and O–H groups in total. The Labute approximate surface area is 124 Å². The highest BCUT2D eigenvalue weighted by molar-refractivity contribution is 5.79. The Morgan fingerprint density at radius 2 is 2.00 bits per heavy atom. The van der Waals surface area contributed by atoms with E-state index < -0.39 is 0 Å². The summed E-state index contributed by atoms with van der Waals surface area (Å²) < 4.78 is 13.6. The molecule has 1 unspecified atom stereocenters. The largest absolute Gasteiger partial charge is 0.340 e. The maximum atomic E-state index is 13.6. The van der Waals surface area contributed by atoms with Crippen LogP contribution in [-0.4, -0.2) is 61.0 Å². The van der Waals surface area contributed by atoms with Crippen molar-refractivity contribution in [1.29, 1.82) is 0 Å². The van der Waals surface area contributed by atoms with Crippen LogP contribution in [0.15, 0.2) is 24.3 Å². The van der Waals surface area contributed by atoms with Gasteiger partial charge in [-0.25, -0.2) is 4.39 Å². The summed E-state index contributed by atoms with van der Waals surface area (Å²) in [6, 6.07) is 7.14. The lowest BCUT2D eigenvalue weighted by Gasteiger charge is -2.37. The molecular weight excluding hydrogens is 269 g/mol. The van der Waals surface area contributed by atoms with Crippen molar-refractivity contribution in [3.05, 3.63) is 35.6 Å². The molecule has 2 fully saturated rings. The first-order chi connectivity index (χ1) is 10.2. The Kier molecular flexibility index (Phi) is 4.51. The number of nitrogens with one attached hydrogen (secondary N) is 1. The number of nitrogens with zero attached hydrogens (tertiary/aromatic N) is 2. The van der Waals surface area contributed by atoms with Gasteiger partial charge in [0.25, 0.3) is 0 Å². The van der Waals surface area contributed by atoms with E-state index in [2.05, 4.69) is 10.2 Å². The molecule has 5 heteroatoms. The maximum Gasteiger partial charge on any atom is 0.227 e. The molecule has 1 atom stereocenters. The third kappa shape index (κ3) is 3.41. The second-order valence-corrected chi connectivity index (χ2v) is 5.83. The van der Waals surface area contributed by atoms with Crippen molar-refractivity contribution in [2.24, 2.45) is 0 Å². The average Bonchev–Trinajstić information content (AvgIpc) is 3.04. The first kappa shape index (κ1) is 14.5. The third-order valence-electron chi connectivity index (χ3n) is 4.52. The maximum absolute atomic E-state index is 13.6. The summed E-state index contributed by atoms with van der Waals surface area (Å²) in [7, 11) is 0. The molecular formula is C16H22FN3O. The van der Waals surface area contributed by atoms with Gasteiger partial charge in [-0.05, 0) is 24.6 Å². The fourth-order valence-corrected chi connectivity index (χ4v) is 3.20. The van der Waals surface area contributed by atoms with Crippen molar-refractivity contribution in [3.63, 3.8) is 0 Å². The van der Waals surface area contributed by atoms with Gasteiger partial charge in [0.15, 0.2) is 0 Å². The second-order valence-electron chi connectivity index (χ2n) is 5.83. The van der Waals surface area contributed by atoms with Crippen LogP contribution >= 0.6 is 0 Å². The van der Waals surface area contributed by atoms with Gasteiger partial charge in [-0.1, -0.05) is 18.2 Å². The molecule has 0 bridgehead atoms. The van der Waals surface area contributed by atoms with Crippen molar-refractivity contribution < 1.29 is 9.18 Å². The summed E-state index contributed by atoms with van der Waals surface area (Å²) in [4.78, 5) is 16.6. The smallest absolute Gasteiger partial charge is 0.227 e. The van der Waals surface area contributed by atoms with Gasteiger partial charge in [0.1, 0.15) is 5.82 Å². The number of hydrogen-bond donors (Lipinski definition) is 1. The third-order valence-corrected chi connectivity index (χ3v) is 4.52. The normalized spacial score (nSPS) is 23.5. The number of rotatable bonds is 3. The molecule has 1 aromatic rings. The van der Waals surface area contributed by atoms with Crippen molar-refractivity contribution in [3.8, 4) is 0 Å². The second kappa shape index (κ2) is 6.54. The van der Waals surface area contributed by atoms with Crippen LogP contribution in [0, 0.1) is 5.82 Å². The number of benzene rings is 1. The molecule has 2 saturated heterocycles. The van der Waals surface area contributed by atoms with Gasteiger partial charge >= 0.3 is 0 Å². The van der Waals surface area contributed by atoms with Gasteiger partial charge in [0.2, 0.25) is 5.91 Å². The Morgan fingerprint density at radius 1 is 1.24 bits per heavy atom. The summed E-state index contributed by atoms with van der Waals surface area (Å²) >= 11 is 0. The van der Waals surface area contributed by atoms with E-state index in [0.29, 0.717) is 11.6 Å². The SMILES string of the molecule is O=C(Cc1ccccc1F)N1CCN(C2CCNC2)CC1. The minimum atomic E-state index is -0.290. The Morgan fingerprint density at radius 3 is 2.67 bits per heavy atom. The van der Waals surface area contributed by atoms with Crippen LogP contribution in [0.2, 0.25) is 0 Å². The minimum Gasteiger partial charge on any atom is -0.340 e. The van der Waals surface area contributed by atoms with Gasteiger partial charge in [0, 0.05) is 38.8 Å². The van der Waals surface area contributed by atoms with E-state index in [4.69, 9.17) is 0 Å². The lowest BCUT2D eigenvalue weighted by molar-refractivity contribution is -0.132. The molecule has 3 rings (SSSR count). The lowest BCUT2D eigenvalue weighted by atomic mass is 10.1. The van der Waals surface area contributed by atoms with Crippen molar-refractivity contribution in [2.75, 3.05) is 39.3 Å². The fraction of sp³-hybridized carbons (Fsp3) is 0.562. The molecule has 21 heavy (non-hydrogen) atoms. The number of amides is 1. The van der Waals surface area contributed by atoms with Crippen molar-refractivity contribution in [1.82, 2.24) is 15.1 Å². The Hall–Kier alpha value is -1.46. The zero-order valence-corrected chi connectivity index (χ0v) is 12.2. The van der Waals surface area contributed by atoms with E-state index >= 15 is 0 Å². The molecule has 0 saturated carbocycles. The summed E-state index contributed by atoms with van der Waals surface area (Å²) in [5, 5.41) is 3.38. The van der Waals surface area contributed by atoms with E-state index in [0.717, 1.165) is 39.3 Å². The highest BCUT2D eigenvalue weighted by Gasteiger charge is 2.27. The number of hydrogen-bond acceptors (Lipinski definition) is 3. The quantitative estimate of drug-likeness (QED) is 0.898. The number of carbonyl (C=O) groups is 1. The van der Waals surface area contributed by atoms with E-state index in [1.807, 2.05) is 4.90 Å². The van der Waals surface area contributed by atoms with Crippen LogP contribution in [0.25, 0.3) is 0 Å². The molecule has 0 spiro atoms. The number of halogens is 1. The molecule has 0 aromatic heterocycles. The van der Waals surface area contributed by atoms with E-state index in [1.165, 1.54) is 12.5 Å². The topological polar surface area (TPSA) is 35.6 Å². The molecule has 2 heterocycles. The standard InChI is InChI=1S/C16H22FN3O/c17-15-4-2-1-3-13(15)11-16(21)20-9-7-19(8-10-20)14-5-6-18-12-14/h1-4,14,18H,5-12H2. The number of carbonyl (C=O) groups excluding carboxylic acids is 1. The highest BCUT2D eigenvalue weighted by Crippen LogP contribution is 2.14. The summed E-state index contributed by atoms with van der Waals surface area (Å²) in [5.74, 6) is -0.259. The molecule has 2 aliphatic heterocycles. The minimum absolute atomic E-state index is 0.0318. The summed E-state index contributed by atoms with van der Waals surface area (Å²) in [6.45, 7) is 5.51. The van der Waals surface area contributed by atoms with Gasteiger partial charge in [-0.3, -0.25) is 9.69 Å². The van der Waals surface area contributed by atoms with E-state index in [1.54, 1.807) is 18.2 Å². The fourth-order valence-electron chi connectivity index (χ4n) is 3.20. The van der Waals surface area contributed by atoms with E-state index in [-0.39, 0.29) is 18.1 Å². The monoisotopic (exact) mass is 291 g/mol. The summed E-state index contributed by atoms with van der Waals surface area (Å²) in [5.41, 5.74) is 0.491. The predicted molar refractivity (Wildman–Crippen MR) is 79.5 cm³/mol. The summed E-state index contributed by atoms with van der Waals surface area (Å²) in [6.07, 6.45) is 1.36. The first-order valence-corrected chi connectivity index (χ1v) is 7.70. The van der Waals surface area contributed by atoms with Gasteiger partial charge in [-0.15, -0.1) is 0 Å². The molecule has 1 aromatic carbocycles. The zero-order valence-electron chi connectivity index (χ0n) is 12.2. The predicted octanol–water partition coefficient (Wildman–Crippen LogP) is 0.874. The Bertz CT molecular complexity index is 494. The molecule has 1 amide bonds. The van der Waals surface area contributed by atoms with Crippen molar-refractivity contribution in [2.45, 2.75) is 18.9 Å². The average molecular weight is 291 g/mol. The van der Waals surface area contributed by atoms with Crippen LogP contribution in [0.4, 0.5) is 4.39 Å². The van der Waals surface area contributed by atoms with Gasteiger partial charge < -0.3 is 10.2 Å². The first-order valence-electron chi connectivity index (χ1n) is 7.70. The molecule has 0 aliphatic carbocycles. The molecule has 114 valence electrons. The van der Waals surface area contributed by atoms with Gasteiger partial charge in [0.05, 0.1) is 6.42 Å². The van der Waals surface area contributed by atoms with Crippen LogP contribution < -0.4 is 5.32 Å². The number of piperazine rings is 1. The van der Waals surface area contributed by atoms with Crippen LogP contribution in [0.5, 0.6) is 0 Å².